The predicted octanol–water partition coefficient (Wildman–Crippen LogP) is 4.40. The van der Waals surface area contributed by atoms with E-state index in [-0.39, 0.29) is 23.8 Å². The van der Waals surface area contributed by atoms with Crippen LogP contribution in [0.5, 0.6) is 11.5 Å². The second-order valence-corrected chi connectivity index (χ2v) is 8.58. The fourth-order valence-corrected chi connectivity index (χ4v) is 4.49. The number of allylic oxidation sites excluding steroid dienone is 1. The van der Waals surface area contributed by atoms with E-state index < -0.39 is 11.5 Å². The van der Waals surface area contributed by atoms with Crippen LogP contribution in [0.4, 0.5) is 5.69 Å². The van der Waals surface area contributed by atoms with Crippen LogP contribution in [0.15, 0.2) is 48.7 Å². The summed E-state index contributed by atoms with van der Waals surface area (Å²) in [5, 5.41) is 20.9. The minimum absolute atomic E-state index is 0.124. The zero-order chi connectivity index (χ0) is 23.1. The second-order valence-electron chi connectivity index (χ2n) is 7.36. The van der Waals surface area contributed by atoms with Crippen LogP contribution in [0, 0.1) is 17.0 Å². The molecule has 166 valence electrons. The third-order valence-electron chi connectivity index (χ3n) is 5.25. The molecule has 0 aliphatic carbocycles. The van der Waals surface area contributed by atoms with E-state index in [2.05, 4.69) is 4.98 Å². The van der Waals surface area contributed by atoms with Gasteiger partial charge in [-0.1, -0.05) is 6.07 Å². The van der Waals surface area contributed by atoms with Crippen LogP contribution in [-0.2, 0) is 6.61 Å². The number of rotatable bonds is 6. The van der Waals surface area contributed by atoms with Crippen molar-refractivity contribution in [1.82, 2.24) is 9.38 Å². The van der Waals surface area contributed by atoms with Gasteiger partial charge in [-0.2, -0.15) is 0 Å². The molecule has 4 aromatic rings. The lowest BCUT2D eigenvalue weighted by molar-refractivity contribution is -0.385. The number of carbonyl (C=O) groups excluding carboxylic acids is 1. The van der Waals surface area contributed by atoms with E-state index in [1.165, 1.54) is 29.5 Å². The van der Waals surface area contributed by atoms with Gasteiger partial charge in [-0.25, -0.2) is 4.98 Å². The number of thiazole rings is 1. The molecule has 0 amide bonds. The average molecular weight is 463 g/mol. The van der Waals surface area contributed by atoms with Crippen molar-refractivity contribution in [3.05, 3.63) is 80.5 Å². The molecule has 0 unspecified atom stereocenters. The second kappa shape index (κ2) is 8.15. The highest BCUT2D eigenvalue weighted by atomic mass is 32.1. The first kappa shape index (κ1) is 20.9. The molecule has 0 saturated heterocycles. The molecule has 10 heteroatoms. The number of ketones is 1. The zero-order valence-electron chi connectivity index (χ0n) is 17.3. The van der Waals surface area contributed by atoms with Gasteiger partial charge in [-0.05, 0) is 43.3 Å². The number of fused-ring (bicyclic) bond motifs is 2. The maximum absolute atomic E-state index is 12.8. The van der Waals surface area contributed by atoms with Gasteiger partial charge in [0.05, 0.1) is 28.5 Å². The smallest absolute Gasteiger partial charge is 0.275 e. The molecular formula is C23H17N3O6S. The predicted molar refractivity (Wildman–Crippen MR) is 122 cm³/mol. The molecule has 0 saturated carbocycles. The highest BCUT2D eigenvalue weighted by molar-refractivity contribution is 7.17. The Morgan fingerprint density at radius 3 is 2.88 bits per heavy atom. The summed E-state index contributed by atoms with van der Waals surface area (Å²) in [7, 11) is 0. The Morgan fingerprint density at radius 2 is 2.09 bits per heavy atom. The van der Waals surface area contributed by atoms with Gasteiger partial charge >= 0.3 is 0 Å². The summed E-state index contributed by atoms with van der Waals surface area (Å²) < 4.78 is 12.5. The Morgan fingerprint density at radius 1 is 1.27 bits per heavy atom. The number of carbonyl (C=O) groups is 1. The van der Waals surface area contributed by atoms with Gasteiger partial charge in [0, 0.05) is 28.3 Å². The maximum atomic E-state index is 12.8. The Bertz CT molecular complexity index is 1450. The minimum atomic E-state index is -0.531. The highest BCUT2D eigenvalue weighted by Crippen LogP contribution is 2.34. The number of hydrogen-bond donors (Lipinski definition) is 1. The number of aromatic nitrogens is 2. The van der Waals surface area contributed by atoms with Gasteiger partial charge < -0.3 is 14.6 Å². The fraction of sp³-hybridized carbons (Fsp3) is 0.130. The molecule has 0 radical (unpaired) electrons. The van der Waals surface area contributed by atoms with Crippen LogP contribution in [0.1, 0.15) is 26.5 Å². The number of aliphatic hydroxyl groups excluding tert-OH is 1. The molecule has 2 aromatic carbocycles. The van der Waals surface area contributed by atoms with Crippen molar-refractivity contribution in [2.24, 2.45) is 0 Å². The first-order valence-electron chi connectivity index (χ1n) is 9.93. The van der Waals surface area contributed by atoms with Crippen molar-refractivity contribution >= 4 is 33.8 Å². The number of nitro benzene ring substituents is 1. The number of hydrogen-bond acceptors (Lipinski definition) is 8. The third-order valence-corrected chi connectivity index (χ3v) is 6.15. The third kappa shape index (κ3) is 3.75. The molecule has 1 aliphatic heterocycles. The lowest BCUT2D eigenvalue weighted by atomic mass is 10.0. The van der Waals surface area contributed by atoms with Crippen molar-refractivity contribution in [2.45, 2.75) is 13.5 Å². The van der Waals surface area contributed by atoms with Gasteiger partial charge in [0.1, 0.15) is 0 Å². The molecule has 0 spiro atoms. The number of imidazole rings is 1. The van der Waals surface area contributed by atoms with Crippen molar-refractivity contribution in [3.8, 4) is 22.8 Å². The average Bonchev–Trinajstić information content (AvgIpc) is 3.50. The van der Waals surface area contributed by atoms with Gasteiger partial charge in [0.25, 0.3) is 5.69 Å². The van der Waals surface area contributed by atoms with Crippen LogP contribution < -0.4 is 9.47 Å². The molecule has 0 fully saturated rings. The number of aliphatic hydroxyl groups is 1. The molecule has 0 atom stereocenters. The Labute approximate surface area is 191 Å². The number of aryl methyl sites for hydroxylation is 1. The van der Waals surface area contributed by atoms with E-state index in [1.807, 2.05) is 17.5 Å². The first-order chi connectivity index (χ1) is 15.9. The van der Waals surface area contributed by atoms with Gasteiger partial charge in [-0.15, -0.1) is 11.3 Å². The normalized spacial score (nSPS) is 12.7. The standard InChI is InChI=1S/C23H17N3O6S/c1-13-10-25-17(5-6-19(28)14-4-7-20-21(9-14)32-12-31-20)22(24-23(25)33-13)15-2-3-16(11-27)18(8-15)26(29)30/h2-10,27H,11-12H2,1H3. The number of nitrogens with zero attached hydrogens (tertiary/aromatic N) is 3. The van der Waals surface area contributed by atoms with Crippen molar-refractivity contribution in [2.75, 3.05) is 6.79 Å². The lowest BCUT2D eigenvalue weighted by Gasteiger charge is -2.04. The summed E-state index contributed by atoms with van der Waals surface area (Å²) >= 11 is 1.47. The summed E-state index contributed by atoms with van der Waals surface area (Å²) in [5.41, 5.74) is 2.12. The topological polar surface area (TPSA) is 116 Å². The summed E-state index contributed by atoms with van der Waals surface area (Å²) in [5.74, 6) is 0.881. The SMILES string of the molecule is Cc1cn2c(C=CC(=O)c3ccc4c(c3)OCO4)c(-c3ccc(CO)c([N+](=O)[O-])c3)nc2s1. The summed E-state index contributed by atoms with van der Waals surface area (Å²) in [6, 6.07) is 9.57. The van der Waals surface area contributed by atoms with Crippen molar-refractivity contribution in [3.63, 3.8) is 0 Å². The Hall–Kier alpha value is -4.02. The molecule has 5 rings (SSSR count). The molecule has 1 aliphatic rings. The van der Waals surface area contributed by atoms with Crippen LogP contribution in [-0.4, -0.2) is 32.0 Å². The Kier molecular flexibility index (Phi) is 5.15. The van der Waals surface area contributed by atoms with Crippen LogP contribution in [0.2, 0.25) is 0 Å². The Balaban J connectivity index is 1.57. The maximum Gasteiger partial charge on any atom is 0.275 e. The van der Waals surface area contributed by atoms with E-state index in [4.69, 9.17) is 9.47 Å². The van der Waals surface area contributed by atoms with E-state index >= 15 is 0 Å². The van der Waals surface area contributed by atoms with E-state index in [1.54, 1.807) is 30.3 Å². The lowest BCUT2D eigenvalue weighted by Crippen LogP contribution is -1.97. The monoisotopic (exact) mass is 463 g/mol. The van der Waals surface area contributed by atoms with E-state index in [9.17, 15) is 20.0 Å². The molecule has 3 heterocycles. The molecule has 2 aromatic heterocycles. The number of ether oxygens (including phenoxy) is 2. The van der Waals surface area contributed by atoms with Crippen molar-refractivity contribution in [1.29, 1.82) is 0 Å². The molecule has 1 N–H and O–H groups in total. The fourth-order valence-electron chi connectivity index (χ4n) is 3.66. The van der Waals surface area contributed by atoms with Crippen LogP contribution >= 0.6 is 11.3 Å². The molecule has 0 bridgehead atoms. The number of benzene rings is 2. The number of nitro groups is 1. The van der Waals surface area contributed by atoms with E-state index in [0.717, 1.165) is 4.88 Å². The zero-order valence-corrected chi connectivity index (χ0v) is 18.2. The summed E-state index contributed by atoms with van der Waals surface area (Å²) in [4.78, 5) is 30.1. The first-order valence-corrected chi connectivity index (χ1v) is 10.8. The van der Waals surface area contributed by atoms with E-state index in [0.29, 0.717) is 39.0 Å². The molecular weight excluding hydrogens is 446 g/mol. The highest BCUT2D eigenvalue weighted by Gasteiger charge is 2.20. The molecule has 9 nitrogen and oxygen atoms in total. The quantitative estimate of drug-likeness (QED) is 0.195. The van der Waals surface area contributed by atoms with Gasteiger partial charge in [0.15, 0.2) is 22.2 Å². The summed E-state index contributed by atoms with van der Waals surface area (Å²) in [6.45, 7) is 1.63. The molecule has 33 heavy (non-hydrogen) atoms. The minimum Gasteiger partial charge on any atom is -0.454 e. The van der Waals surface area contributed by atoms with Crippen molar-refractivity contribution < 1.29 is 24.3 Å². The largest absolute Gasteiger partial charge is 0.454 e. The van der Waals surface area contributed by atoms with Crippen LogP contribution in [0.3, 0.4) is 0 Å². The van der Waals surface area contributed by atoms with Crippen LogP contribution in [0.25, 0.3) is 22.3 Å². The summed E-state index contributed by atoms with van der Waals surface area (Å²) in [6.07, 6.45) is 4.99. The van der Waals surface area contributed by atoms with Gasteiger partial charge in [-0.3, -0.25) is 19.3 Å². The van der Waals surface area contributed by atoms with Gasteiger partial charge in [0.2, 0.25) is 6.79 Å².